The number of ether oxygens (including phenoxy) is 3. The molecule has 1 heterocycles. The third-order valence-electron chi connectivity index (χ3n) is 5.51. The Kier molecular flexibility index (Phi) is 7.95. The number of carbonyl (C=O) groups is 2. The summed E-state index contributed by atoms with van der Waals surface area (Å²) in [6.07, 6.45) is -0.0454. The summed E-state index contributed by atoms with van der Waals surface area (Å²) in [5.74, 6) is -0.572. The second-order valence-corrected chi connectivity index (χ2v) is 8.28. The quantitative estimate of drug-likeness (QED) is 0.306. The first-order chi connectivity index (χ1) is 16.7. The Balaban J connectivity index is 2.09. The number of hydrogen-bond acceptors (Lipinski definition) is 7. The molecular formula is C25H29N3O7. The van der Waals surface area contributed by atoms with Crippen molar-refractivity contribution < 1.29 is 28.7 Å². The van der Waals surface area contributed by atoms with Gasteiger partial charge in [-0.05, 0) is 49.9 Å². The Morgan fingerprint density at radius 2 is 1.94 bits per heavy atom. The average Bonchev–Trinajstić information content (AvgIpc) is 2.81. The lowest BCUT2D eigenvalue weighted by atomic mass is 9.93. The van der Waals surface area contributed by atoms with Crippen LogP contribution in [0.3, 0.4) is 0 Å². The number of nitrogens with zero attached hydrogens (tertiary/aromatic N) is 1. The number of amides is 2. The number of nitro groups is 1. The van der Waals surface area contributed by atoms with Crippen LogP contribution in [0.15, 0.2) is 47.7 Å². The predicted molar refractivity (Wildman–Crippen MR) is 128 cm³/mol. The van der Waals surface area contributed by atoms with Gasteiger partial charge in [-0.15, -0.1) is 0 Å². The number of nitro benzene ring substituents is 1. The lowest BCUT2D eigenvalue weighted by Crippen LogP contribution is -2.46. The minimum Gasteiger partial charge on any atom is -0.493 e. The van der Waals surface area contributed by atoms with E-state index in [4.69, 9.17) is 14.2 Å². The molecule has 1 unspecified atom stereocenters. The van der Waals surface area contributed by atoms with Gasteiger partial charge in [0.1, 0.15) is 6.61 Å². The summed E-state index contributed by atoms with van der Waals surface area (Å²) in [5.41, 5.74) is 2.33. The van der Waals surface area contributed by atoms with Gasteiger partial charge >= 0.3 is 17.7 Å². The van der Waals surface area contributed by atoms with E-state index in [0.717, 1.165) is 11.1 Å². The molecule has 2 N–H and O–H groups in total. The fourth-order valence-electron chi connectivity index (χ4n) is 3.79. The second kappa shape index (κ2) is 10.9. The van der Waals surface area contributed by atoms with Crippen molar-refractivity contribution in [2.24, 2.45) is 0 Å². The summed E-state index contributed by atoms with van der Waals surface area (Å²) < 4.78 is 16.7. The summed E-state index contributed by atoms with van der Waals surface area (Å²) in [6.45, 7) is 7.22. The highest BCUT2D eigenvalue weighted by atomic mass is 16.6. The molecule has 10 heteroatoms. The van der Waals surface area contributed by atoms with Crippen molar-refractivity contribution in [3.63, 3.8) is 0 Å². The fourth-order valence-corrected chi connectivity index (χ4v) is 3.79. The number of nitrogens with one attached hydrogen (secondary N) is 2. The molecule has 186 valence electrons. The van der Waals surface area contributed by atoms with Crippen molar-refractivity contribution in [1.29, 1.82) is 0 Å². The molecule has 0 aromatic heterocycles. The number of rotatable bonds is 9. The number of aryl methyl sites for hydroxylation is 1. The second-order valence-electron chi connectivity index (χ2n) is 8.28. The summed E-state index contributed by atoms with van der Waals surface area (Å²) in [4.78, 5) is 36.7. The van der Waals surface area contributed by atoms with Crippen LogP contribution in [0, 0.1) is 17.0 Å². The van der Waals surface area contributed by atoms with Gasteiger partial charge in [0.25, 0.3) is 0 Å². The van der Waals surface area contributed by atoms with Gasteiger partial charge in [-0.2, -0.15) is 0 Å². The predicted octanol–water partition coefficient (Wildman–Crippen LogP) is 4.46. The lowest BCUT2D eigenvalue weighted by molar-refractivity contribution is -0.386. The minimum atomic E-state index is -0.983. The molecule has 35 heavy (non-hydrogen) atoms. The smallest absolute Gasteiger partial charge is 0.338 e. The highest BCUT2D eigenvalue weighted by Gasteiger charge is 2.36. The molecule has 0 fully saturated rings. The van der Waals surface area contributed by atoms with Crippen LogP contribution < -0.4 is 20.1 Å². The molecular weight excluding hydrogens is 454 g/mol. The summed E-state index contributed by atoms with van der Waals surface area (Å²) >= 11 is 0. The zero-order chi connectivity index (χ0) is 25.7. The number of benzene rings is 2. The van der Waals surface area contributed by atoms with E-state index >= 15 is 0 Å². The molecule has 0 saturated carbocycles. The first kappa shape index (κ1) is 25.5. The van der Waals surface area contributed by atoms with E-state index in [0.29, 0.717) is 12.1 Å². The third kappa shape index (κ3) is 5.71. The Hall–Kier alpha value is -4.08. The molecule has 1 aliphatic heterocycles. The van der Waals surface area contributed by atoms with Gasteiger partial charge in [0.2, 0.25) is 5.75 Å². The number of methoxy groups -OCH3 is 1. The highest BCUT2D eigenvalue weighted by Crippen LogP contribution is 2.42. The van der Waals surface area contributed by atoms with Crippen LogP contribution in [0.25, 0.3) is 0 Å². The van der Waals surface area contributed by atoms with Gasteiger partial charge in [0.15, 0.2) is 5.75 Å². The molecule has 0 saturated heterocycles. The van der Waals surface area contributed by atoms with Crippen molar-refractivity contribution in [1.82, 2.24) is 10.6 Å². The zero-order valence-corrected chi connectivity index (χ0v) is 20.3. The van der Waals surface area contributed by atoms with Gasteiger partial charge in [0, 0.05) is 11.8 Å². The molecule has 3 rings (SSSR count). The minimum absolute atomic E-state index is 0.0456. The lowest BCUT2D eigenvalue weighted by Gasteiger charge is -2.29. The molecule has 2 amide bonds. The Morgan fingerprint density at radius 1 is 1.23 bits per heavy atom. The van der Waals surface area contributed by atoms with Crippen LogP contribution in [0.4, 0.5) is 10.5 Å². The van der Waals surface area contributed by atoms with E-state index in [2.05, 4.69) is 10.6 Å². The van der Waals surface area contributed by atoms with E-state index in [1.165, 1.54) is 19.2 Å². The van der Waals surface area contributed by atoms with Crippen LogP contribution in [0.1, 0.15) is 49.9 Å². The van der Waals surface area contributed by atoms with Crippen LogP contribution in [0.2, 0.25) is 0 Å². The summed E-state index contributed by atoms with van der Waals surface area (Å²) in [5, 5.41) is 17.3. The molecule has 2 aromatic carbocycles. The fraction of sp³-hybridized carbons (Fsp3) is 0.360. The van der Waals surface area contributed by atoms with E-state index in [1.54, 1.807) is 20.8 Å². The first-order valence-electron chi connectivity index (χ1n) is 11.2. The van der Waals surface area contributed by atoms with Crippen LogP contribution >= 0.6 is 0 Å². The van der Waals surface area contributed by atoms with Crippen molar-refractivity contribution in [3.8, 4) is 11.5 Å². The molecule has 0 bridgehead atoms. The van der Waals surface area contributed by atoms with E-state index in [1.807, 2.05) is 31.2 Å². The average molecular weight is 484 g/mol. The van der Waals surface area contributed by atoms with Gasteiger partial charge in [-0.3, -0.25) is 10.1 Å². The topological polar surface area (TPSA) is 129 Å². The van der Waals surface area contributed by atoms with E-state index in [9.17, 15) is 19.7 Å². The van der Waals surface area contributed by atoms with Crippen LogP contribution in [-0.4, -0.2) is 30.1 Å². The normalized spacial score (nSPS) is 15.4. The van der Waals surface area contributed by atoms with Crippen molar-refractivity contribution >= 4 is 17.7 Å². The van der Waals surface area contributed by atoms with Crippen molar-refractivity contribution in [2.75, 3.05) is 7.11 Å². The molecule has 10 nitrogen and oxygen atoms in total. The van der Waals surface area contributed by atoms with Gasteiger partial charge < -0.3 is 24.8 Å². The van der Waals surface area contributed by atoms with Gasteiger partial charge in [-0.1, -0.05) is 31.2 Å². The summed E-state index contributed by atoms with van der Waals surface area (Å²) in [6, 6.07) is 8.82. The standard InChI is InChI=1S/C25H29N3O7/c1-6-18-21(24(29)35-14(2)3)22(27-25(30)26-18)17-11-19(28(31)32)23(20(12-17)33-5)34-13-16-10-8-7-9-15(16)4/h7-12,14,22H,6,13H2,1-5H3,(H2,26,27,30). The molecule has 0 spiro atoms. The number of allylic oxidation sites excluding steroid dienone is 1. The Bertz CT molecular complexity index is 1170. The van der Waals surface area contributed by atoms with Crippen molar-refractivity contribution in [3.05, 3.63) is 74.5 Å². The number of esters is 1. The number of urea groups is 1. The molecule has 0 radical (unpaired) electrons. The van der Waals surface area contributed by atoms with Crippen molar-refractivity contribution in [2.45, 2.75) is 52.9 Å². The third-order valence-corrected chi connectivity index (χ3v) is 5.51. The van der Waals surface area contributed by atoms with Gasteiger partial charge in [0.05, 0.1) is 29.8 Å². The zero-order valence-electron chi connectivity index (χ0n) is 20.3. The summed E-state index contributed by atoms with van der Waals surface area (Å²) in [7, 11) is 1.37. The maximum absolute atomic E-state index is 12.9. The van der Waals surface area contributed by atoms with Crippen LogP contribution in [0.5, 0.6) is 11.5 Å². The molecule has 2 aromatic rings. The number of carbonyl (C=O) groups excluding carboxylic acids is 2. The van der Waals surface area contributed by atoms with E-state index in [-0.39, 0.29) is 34.9 Å². The molecule has 1 atom stereocenters. The van der Waals surface area contributed by atoms with E-state index < -0.39 is 29.1 Å². The molecule has 1 aliphatic rings. The highest BCUT2D eigenvalue weighted by molar-refractivity contribution is 5.95. The Morgan fingerprint density at radius 3 is 2.54 bits per heavy atom. The first-order valence-corrected chi connectivity index (χ1v) is 11.2. The van der Waals surface area contributed by atoms with Gasteiger partial charge in [-0.25, -0.2) is 9.59 Å². The number of hydrogen-bond donors (Lipinski definition) is 2. The maximum Gasteiger partial charge on any atom is 0.338 e. The maximum atomic E-state index is 12.9. The largest absolute Gasteiger partial charge is 0.493 e. The van der Waals surface area contributed by atoms with Crippen LogP contribution in [-0.2, 0) is 16.1 Å². The monoisotopic (exact) mass is 483 g/mol. The molecule has 0 aliphatic carbocycles. The Labute approximate surface area is 203 Å². The SMILES string of the molecule is CCC1=C(C(=O)OC(C)C)C(c2cc(OC)c(OCc3ccccc3C)c([N+](=O)[O-])c2)NC(=O)N1.